The van der Waals surface area contributed by atoms with Gasteiger partial charge >= 0.3 is 0 Å². The van der Waals surface area contributed by atoms with E-state index in [1.54, 1.807) is 11.3 Å². The largest absolute Gasteiger partial charge is 0.369 e. The van der Waals surface area contributed by atoms with E-state index in [0.29, 0.717) is 5.28 Å². The molecule has 0 bridgehead atoms. The molecule has 0 unspecified atom stereocenters. The van der Waals surface area contributed by atoms with E-state index in [1.807, 2.05) is 0 Å². The van der Waals surface area contributed by atoms with E-state index in [2.05, 4.69) is 47.0 Å². The van der Waals surface area contributed by atoms with Crippen molar-refractivity contribution in [1.29, 1.82) is 0 Å². The lowest BCUT2D eigenvalue weighted by Crippen LogP contribution is -2.25. The number of aromatic nitrogens is 2. The maximum atomic E-state index is 6.02. The van der Waals surface area contributed by atoms with E-state index >= 15 is 0 Å². The van der Waals surface area contributed by atoms with Gasteiger partial charge < -0.3 is 10.2 Å². The zero-order valence-electron chi connectivity index (χ0n) is 12.9. The molecule has 0 aromatic carbocycles. The van der Waals surface area contributed by atoms with Gasteiger partial charge in [0.05, 0.1) is 5.39 Å². The summed E-state index contributed by atoms with van der Waals surface area (Å²) in [6, 6.07) is 2.17. The molecule has 0 aliphatic heterocycles. The van der Waals surface area contributed by atoms with E-state index < -0.39 is 0 Å². The molecule has 2 rings (SSSR count). The van der Waals surface area contributed by atoms with Crippen molar-refractivity contribution in [2.24, 2.45) is 0 Å². The lowest BCUT2D eigenvalue weighted by molar-refractivity contribution is 0.303. The minimum Gasteiger partial charge on any atom is -0.369 e. The van der Waals surface area contributed by atoms with Crippen molar-refractivity contribution in [3.8, 4) is 0 Å². The van der Waals surface area contributed by atoms with Crippen molar-refractivity contribution >= 4 is 39.0 Å². The molecule has 0 saturated heterocycles. The van der Waals surface area contributed by atoms with Crippen molar-refractivity contribution in [3.63, 3.8) is 0 Å². The number of rotatable bonds is 8. The molecule has 6 heteroatoms. The number of nitrogens with zero attached hydrogens (tertiary/aromatic N) is 3. The van der Waals surface area contributed by atoms with Gasteiger partial charge in [-0.15, -0.1) is 11.3 Å². The number of fused-ring (bicyclic) bond motifs is 1. The molecule has 2 aromatic heterocycles. The van der Waals surface area contributed by atoms with Crippen LogP contribution >= 0.6 is 22.9 Å². The van der Waals surface area contributed by atoms with Crippen molar-refractivity contribution < 1.29 is 0 Å². The molecule has 0 radical (unpaired) electrons. The highest BCUT2D eigenvalue weighted by atomic mass is 35.5. The highest BCUT2D eigenvalue weighted by Crippen LogP contribution is 2.30. The Balaban J connectivity index is 2.02. The van der Waals surface area contributed by atoms with Gasteiger partial charge in [-0.3, -0.25) is 0 Å². The molecule has 0 aliphatic rings. The molecule has 0 amide bonds. The summed E-state index contributed by atoms with van der Waals surface area (Å²) in [5.41, 5.74) is 0. The minimum atomic E-state index is 0.318. The number of aryl methyl sites for hydroxylation is 1. The van der Waals surface area contributed by atoms with Crippen LogP contribution in [0.4, 0.5) is 5.82 Å². The van der Waals surface area contributed by atoms with Crippen LogP contribution in [0, 0.1) is 0 Å². The van der Waals surface area contributed by atoms with Gasteiger partial charge in [-0.1, -0.05) is 20.8 Å². The molecule has 0 atom stereocenters. The van der Waals surface area contributed by atoms with Crippen LogP contribution in [0.2, 0.25) is 5.28 Å². The smallest absolute Gasteiger partial charge is 0.225 e. The third kappa shape index (κ3) is 4.28. The number of anilines is 1. The van der Waals surface area contributed by atoms with E-state index in [1.165, 1.54) is 4.88 Å². The van der Waals surface area contributed by atoms with E-state index in [4.69, 9.17) is 11.6 Å². The number of thiophene rings is 1. The van der Waals surface area contributed by atoms with Gasteiger partial charge in [0, 0.05) is 11.4 Å². The number of nitrogens with one attached hydrogen (secondary N) is 1. The van der Waals surface area contributed by atoms with Gasteiger partial charge in [-0.2, -0.15) is 0 Å². The second kappa shape index (κ2) is 7.92. The van der Waals surface area contributed by atoms with Crippen LogP contribution in [0.5, 0.6) is 0 Å². The molecule has 2 heterocycles. The first kappa shape index (κ1) is 16.5. The quantitative estimate of drug-likeness (QED) is 0.587. The summed E-state index contributed by atoms with van der Waals surface area (Å²) in [6.45, 7) is 10.7. The van der Waals surface area contributed by atoms with E-state index in [-0.39, 0.29) is 0 Å². The molecule has 0 fully saturated rings. The first-order valence-corrected chi connectivity index (χ1v) is 8.79. The average molecular weight is 327 g/mol. The molecule has 2 aromatic rings. The Hall–Kier alpha value is -0.910. The molecule has 0 spiro atoms. The Bertz CT molecular complexity index is 580. The normalized spacial score (nSPS) is 11.5. The topological polar surface area (TPSA) is 41.0 Å². The molecule has 116 valence electrons. The highest BCUT2D eigenvalue weighted by molar-refractivity contribution is 7.18. The van der Waals surface area contributed by atoms with Crippen LogP contribution in [0.3, 0.4) is 0 Å². The Morgan fingerprint density at radius 3 is 2.67 bits per heavy atom. The molecular formula is C15H23ClN4S. The molecular weight excluding hydrogens is 304 g/mol. The SMILES string of the molecule is CCc1cc2c(NCCCN(CC)CC)nc(Cl)nc2s1. The van der Waals surface area contributed by atoms with Crippen molar-refractivity contribution in [1.82, 2.24) is 14.9 Å². The Morgan fingerprint density at radius 2 is 2.00 bits per heavy atom. The van der Waals surface area contributed by atoms with Crippen LogP contribution in [0.1, 0.15) is 32.1 Å². The van der Waals surface area contributed by atoms with Crippen molar-refractivity contribution in [2.45, 2.75) is 33.6 Å². The molecule has 4 nitrogen and oxygen atoms in total. The second-order valence-electron chi connectivity index (χ2n) is 4.93. The predicted molar refractivity (Wildman–Crippen MR) is 92.7 cm³/mol. The lowest BCUT2D eigenvalue weighted by atomic mass is 10.3. The monoisotopic (exact) mass is 326 g/mol. The van der Waals surface area contributed by atoms with Crippen LogP contribution in [-0.4, -0.2) is 41.0 Å². The van der Waals surface area contributed by atoms with Gasteiger partial charge in [0.25, 0.3) is 0 Å². The summed E-state index contributed by atoms with van der Waals surface area (Å²) in [5.74, 6) is 0.862. The average Bonchev–Trinajstić information content (AvgIpc) is 2.90. The fourth-order valence-electron chi connectivity index (χ4n) is 2.30. The Kier molecular flexibility index (Phi) is 6.21. The van der Waals surface area contributed by atoms with Crippen molar-refractivity contribution in [3.05, 3.63) is 16.2 Å². The zero-order valence-corrected chi connectivity index (χ0v) is 14.5. The Morgan fingerprint density at radius 1 is 1.24 bits per heavy atom. The van der Waals surface area contributed by atoms with Gasteiger partial charge in [0.2, 0.25) is 5.28 Å². The van der Waals surface area contributed by atoms with Gasteiger partial charge in [-0.05, 0) is 50.1 Å². The summed E-state index contributed by atoms with van der Waals surface area (Å²) < 4.78 is 0. The van der Waals surface area contributed by atoms with E-state index in [9.17, 15) is 0 Å². The van der Waals surface area contributed by atoms with Crippen molar-refractivity contribution in [2.75, 3.05) is 31.5 Å². The summed E-state index contributed by atoms with van der Waals surface area (Å²) >= 11 is 7.71. The standard InChI is InChI=1S/C15H23ClN4S/c1-4-11-10-12-13(18-15(16)19-14(12)21-11)17-8-7-9-20(5-2)6-3/h10H,4-9H2,1-3H3,(H,17,18,19). The Labute approximate surface area is 135 Å². The lowest BCUT2D eigenvalue weighted by Gasteiger charge is -2.17. The summed E-state index contributed by atoms with van der Waals surface area (Å²) in [7, 11) is 0. The maximum Gasteiger partial charge on any atom is 0.225 e. The van der Waals surface area contributed by atoms with Gasteiger partial charge in [-0.25, -0.2) is 9.97 Å². The minimum absolute atomic E-state index is 0.318. The highest BCUT2D eigenvalue weighted by Gasteiger charge is 2.10. The second-order valence-corrected chi connectivity index (χ2v) is 6.39. The predicted octanol–water partition coefficient (Wildman–Crippen LogP) is 4.05. The fourth-order valence-corrected chi connectivity index (χ4v) is 3.49. The molecule has 0 aliphatic carbocycles. The molecule has 1 N–H and O–H groups in total. The molecule has 0 saturated carbocycles. The zero-order chi connectivity index (χ0) is 15.2. The first-order chi connectivity index (χ1) is 10.2. The summed E-state index contributed by atoms with van der Waals surface area (Å²) in [4.78, 5) is 13.4. The van der Waals surface area contributed by atoms with Gasteiger partial charge in [0.1, 0.15) is 10.6 Å². The first-order valence-electron chi connectivity index (χ1n) is 7.60. The van der Waals surface area contributed by atoms with Crippen LogP contribution < -0.4 is 5.32 Å². The number of hydrogen-bond acceptors (Lipinski definition) is 5. The van der Waals surface area contributed by atoms with Crippen LogP contribution in [-0.2, 0) is 6.42 Å². The van der Waals surface area contributed by atoms with Gasteiger partial charge in [0.15, 0.2) is 0 Å². The maximum absolute atomic E-state index is 6.02. The summed E-state index contributed by atoms with van der Waals surface area (Å²) in [6.07, 6.45) is 2.11. The third-order valence-electron chi connectivity index (χ3n) is 3.60. The summed E-state index contributed by atoms with van der Waals surface area (Å²) in [5, 5.41) is 4.82. The fraction of sp³-hybridized carbons (Fsp3) is 0.600. The third-order valence-corrected chi connectivity index (χ3v) is 4.95. The molecule has 21 heavy (non-hydrogen) atoms. The van der Waals surface area contributed by atoms with Crippen LogP contribution in [0.25, 0.3) is 10.2 Å². The van der Waals surface area contributed by atoms with E-state index in [0.717, 1.165) is 55.1 Å². The van der Waals surface area contributed by atoms with Crippen LogP contribution in [0.15, 0.2) is 6.07 Å². The number of hydrogen-bond donors (Lipinski definition) is 1. The number of halogens is 1.